The van der Waals surface area contributed by atoms with E-state index in [4.69, 9.17) is 4.74 Å². The predicted octanol–water partition coefficient (Wildman–Crippen LogP) is 5.05. The van der Waals surface area contributed by atoms with E-state index >= 15 is 0 Å². The topological polar surface area (TPSA) is 49.9 Å². The number of amides is 2. The van der Waals surface area contributed by atoms with Crippen molar-refractivity contribution in [1.82, 2.24) is 9.80 Å². The van der Waals surface area contributed by atoms with Crippen LogP contribution in [-0.2, 0) is 24.2 Å². The lowest BCUT2D eigenvalue weighted by atomic mass is 9.90. The highest BCUT2D eigenvalue weighted by molar-refractivity contribution is 5.97. The van der Waals surface area contributed by atoms with Crippen LogP contribution in [0.2, 0.25) is 0 Å². The zero-order valence-corrected chi connectivity index (χ0v) is 21.0. The molecule has 3 aromatic carbocycles. The van der Waals surface area contributed by atoms with E-state index in [9.17, 15) is 9.59 Å². The molecule has 0 saturated carbocycles. The molecule has 5 nitrogen and oxygen atoms in total. The van der Waals surface area contributed by atoms with Crippen LogP contribution >= 0.6 is 0 Å². The first kappa shape index (κ1) is 24.1. The van der Waals surface area contributed by atoms with Crippen LogP contribution in [0.1, 0.15) is 45.5 Å². The number of likely N-dealkylation sites (tertiary alicyclic amines) is 1. The highest BCUT2D eigenvalue weighted by Gasteiger charge is 2.28. The van der Waals surface area contributed by atoms with Gasteiger partial charge in [-0.1, -0.05) is 60.7 Å². The minimum atomic E-state index is 0.0148. The van der Waals surface area contributed by atoms with Gasteiger partial charge in [0, 0.05) is 37.3 Å². The number of carbonyl (C=O) groups excluding carboxylic acids is 2. The number of ether oxygens (including phenoxy) is 1. The van der Waals surface area contributed by atoms with Gasteiger partial charge >= 0.3 is 0 Å². The van der Waals surface area contributed by atoms with E-state index < -0.39 is 0 Å². The van der Waals surface area contributed by atoms with Crippen LogP contribution in [0.3, 0.4) is 0 Å². The van der Waals surface area contributed by atoms with Crippen molar-refractivity contribution in [2.45, 2.75) is 39.2 Å². The second-order valence-corrected chi connectivity index (χ2v) is 9.99. The van der Waals surface area contributed by atoms with Gasteiger partial charge in [0.05, 0.1) is 0 Å². The Morgan fingerprint density at radius 1 is 0.917 bits per heavy atom. The van der Waals surface area contributed by atoms with Crippen LogP contribution < -0.4 is 4.74 Å². The van der Waals surface area contributed by atoms with E-state index in [0.29, 0.717) is 30.3 Å². The average molecular weight is 483 g/mol. The van der Waals surface area contributed by atoms with Crippen LogP contribution in [0.5, 0.6) is 5.75 Å². The zero-order chi connectivity index (χ0) is 24.9. The molecule has 1 fully saturated rings. The lowest BCUT2D eigenvalue weighted by molar-refractivity contribution is -0.134. The maximum Gasteiger partial charge on any atom is 0.260 e. The van der Waals surface area contributed by atoms with E-state index in [-0.39, 0.29) is 18.4 Å². The number of carbonyl (C=O) groups is 2. The standard InChI is InChI=1S/C31H34N2O3/c1-23-8-5-6-11-26(23)21-33-19-16-27-28(31(33)35)12-7-13-29(27)36-22-30(34)32-17-14-25(15-18-32)20-24-9-3-2-4-10-24/h2-13,25H,14-22H2,1H3. The van der Waals surface area contributed by atoms with Crippen molar-refractivity contribution in [2.24, 2.45) is 5.92 Å². The molecule has 0 unspecified atom stereocenters. The number of piperidine rings is 1. The van der Waals surface area contributed by atoms with Gasteiger partial charge in [-0.3, -0.25) is 9.59 Å². The molecule has 186 valence electrons. The maximum absolute atomic E-state index is 13.2. The first-order valence-corrected chi connectivity index (χ1v) is 13.0. The van der Waals surface area contributed by atoms with Gasteiger partial charge in [-0.25, -0.2) is 0 Å². The van der Waals surface area contributed by atoms with Crippen molar-refractivity contribution in [2.75, 3.05) is 26.2 Å². The number of nitrogens with zero attached hydrogens (tertiary/aromatic N) is 2. The summed E-state index contributed by atoms with van der Waals surface area (Å²) in [5.41, 5.74) is 5.32. The fraction of sp³-hybridized carbons (Fsp3) is 0.355. The predicted molar refractivity (Wildman–Crippen MR) is 141 cm³/mol. The van der Waals surface area contributed by atoms with Gasteiger partial charge in [-0.15, -0.1) is 0 Å². The molecule has 0 radical (unpaired) electrons. The third-order valence-electron chi connectivity index (χ3n) is 7.59. The molecule has 0 bridgehead atoms. The van der Waals surface area contributed by atoms with Gasteiger partial charge in [0.2, 0.25) is 0 Å². The SMILES string of the molecule is Cc1ccccc1CN1CCc2c(OCC(=O)N3CCC(Cc4ccccc4)CC3)cccc2C1=O. The number of rotatable bonds is 7. The minimum Gasteiger partial charge on any atom is -0.483 e. The Morgan fingerprint density at radius 3 is 2.44 bits per heavy atom. The van der Waals surface area contributed by atoms with Crippen LogP contribution in [0.15, 0.2) is 72.8 Å². The maximum atomic E-state index is 13.2. The van der Waals surface area contributed by atoms with Gasteiger partial charge in [0.15, 0.2) is 6.61 Å². The molecule has 2 aliphatic rings. The molecule has 0 aliphatic carbocycles. The summed E-state index contributed by atoms with van der Waals surface area (Å²) >= 11 is 0. The first-order valence-electron chi connectivity index (χ1n) is 13.0. The fourth-order valence-corrected chi connectivity index (χ4v) is 5.39. The summed E-state index contributed by atoms with van der Waals surface area (Å²) in [6.07, 6.45) is 3.84. The van der Waals surface area contributed by atoms with Gasteiger partial charge < -0.3 is 14.5 Å². The van der Waals surface area contributed by atoms with Crippen molar-refractivity contribution in [1.29, 1.82) is 0 Å². The van der Waals surface area contributed by atoms with E-state index in [1.165, 1.54) is 16.7 Å². The Morgan fingerprint density at radius 2 is 1.67 bits per heavy atom. The molecular formula is C31H34N2O3. The molecule has 36 heavy (non-hydrogen) atoms. The van der Waals surface area contributed by atoms with Gasteiger partial charge in [-0.05, 0) is 67.3 Å². The quantitative estimate of drug-likeness (QED) is 0.473. The average Bonchev–Trinajstić information content (AvgIpc) is 2.91. The Labute approximate surface area is 213 Å². The number of hydrogen-bond donors (Lipinski definition) is 0. The monoisotopic (exact) mass is 482 g/mol. The Bertz CT molecular complexity index is 1220. The van der Waals surface area contributed by atoms with Gasteiger partial charge in [0.1, 0.15) is 5.75 Å². The van der Waals surface area contributed by atoms with Crippen LogP contribution in [0, 0.1) is 12.8 Å². The Kier molecular flexibility index (Phi) is 7.36. The van der Waals surface area contributed by atoms with Crippen molar-refractivity contribution in [3.8, 4) is 5.75 Å². The molecule has 5 rings (SSSR count). The summed E-state index contributed by atoms with van der Waals surface area (Å²) in [4.78, 5) is 29.9. The molecule has 2 amide bonds. The third kappa shape index (κ3) is 5.46. The van der Waals surface area contributed by atoms with E-state index in [1.54, 1.807) is 0 Å². The molecule has 0 spiro atoms. The lowest BCUT2D eigenvalue weighted by Crippen LogP contribution is -2.41. The van der Waals surface area contributed by atoms with Crippen molar-refractivity contribution >= 4 is 11.8 Å². The van der Waals surface area contributed by atoms with Crippen LogP contribution in [0.4, 0.5) is 0 Å². The first-order chi connectivity index (χ1) is 17.6. The van der Waals surface area contributed by atoms with E-state index in [1.807, 2.05) is 46.2 Å². The summed E-state index contributed by atoms with van der Waals surface area (Å²) in [6, 6.07) is 24.4. The molecule has 1 saturated heterocycles. The molecule has 0 N–H and O–H groups in total. The summed E-state index contributed by atoms with van der Waals surface area (Å²) in [6.45, 7) is 4.89. The Hall–Kier alpha value is -3.60. The summed E-state index contributed by atoms with van der Waals surface area (Å²) in [5, 5.41) is 0. The largest absolute Gasteiger partial charge is 0.483 e. The molecule has 5 heteroatoms. The van der Waals surface area contributed by atoms with E-state index in [0.717, 1.165) is 44.3 Å². The number of hydrogen-bond acceptors (Lipinski definition) is 3. The molecule has 2 aliphatic heterocycles. The smallest absolute Gasteiger partial charge is 0.260 e. The second kappa shape index (κ2) is 11.0. The summed E-state index contributed by atoms with van der Waals surface area (Å²) in [5.74, 6) is 1.32. The molecular weight excluding hydrogens is 448 g/mol. The number of aryl methyl sites for hydroxylation is 1. The van der Waals surface area contributed by atoms with E-state index in [2.05, 4.69) is 43.3 Å². The molecule has 2 heterocycles. The third-order valence-corrected chi connectivity index (χ3v) is 7.59. The molecule has 0 aromatic heterocycles. The highest BCUT2D eigenvalue weighted by Crippen LogP contribution is 2.29. The Balaban J connectivity index is 1.16. The lowest BCUT2D eigenvalue weighted by Gasteiger charge is -2.32. The minimum absolute atomic E-state index is 0.0148. The number of benzene rings is 3. The van der Waals surface area contributed by atoms with Crippen molar-refractivity contribution in [3.63, 3.8) is 0 Å². The zero-order valence-electron chi connectivity index (χ0n) is 21.0. The molecule has 0 atom stereocenters. The number of fused-ring (bicyclic) bond motifs is 1. The van der Waals surface area contributed by atoms with Crippen LogP contribution in [-0.4, -0.2) is 47.9 Å². The molecule has 3 aromatic rings. The second-order valence-electron chi connectivity index (χ2n) is 9.99. The van der Waals surface area contributed by atoms with Crippen LogP contribution in [0.25, 0.3) is 0 Å². The normalized spacial score (nSPS) is 16.1. The highest BCUT2D eigenvalue weighted by atomic mass is 16.5. The fourth-order valence-electron chi connectivity index (χ4n) is 5.39. The van der Waals surface area contributed by atoms with Crippen molar-refractivity contribution < 1.29 is 14.3 Å². The summed E-state index contributed by atoms with van der Waals surface area (Å²) in [7, 11) is 0. The van der Waals surface area contributed by atoms with Gasteiger partial charge in [-0.2, -0.15) is 0 Å². The van der Waals surface area contributed by atoms with Crippen molar-refractivity contribution in [3.05, 3.63) is 101 Å². The van der Waals surface area contributed by atoms with Gasteiger partial charge in [0.25, 0.3) is 11.8 Å². The summed E-state index contributed by atoms with van der Waals surface area (Å²) < 4.78 is 6.00.